The maximum Gasteiger partial charge on any atom is 0.416 e. The molecule has 2 aliphatic carbocycles. The van der Waals surface area contributed by atoms with Crippen molar-refractivity contribution in [2.24, 2.45) is 17.3 Å². The average molecular weight is 643 g/mol. The molecule has 1 fully saturated rings. The Balaban J connectivity index is 1.33. The lowest BCUT2D eigenvalue weighted by molar-refractivity contribution is 0.115. The summed E-state index contributed by atoms with van der Waals surface area (Å²) >= 11 is 6.66. The van der Waals surface area contributed by atoms with Gasteiger partial charge in [-0.15, -0.1) is 0 Å². The Kier molecular flexibility index (Phi) is 10.0. The molecule has 0 radical (unpaired) electrons. The van der Waals surface area contributed by atoms with Gasteiger partial charge >= 0.3 is 6.09 Å². The highest BCUT2D eigenvalue weighted by Gasteiger charge is 2.39. The van der Waals surface area contributed by atoms with E-state index in [-0.39, 0.29) is 17.6 Å². The molecule has 2 aromatic rings. The van der Waals surface area contributed by atoms with Crippen molar-refractivity contribution in [3.05, 3.63) is 93.7 Å². The lowest BCUT2D eigenvalue weighted by atomic mass is 9.81. The summed E-state index contributed by atoms with van der Waals surface area (Å²) in [4.78, 5) is 18.4. The van der Waals surface area contributed by atoms with Crippen molar-refractivity contribution >= 4 is 23.3 Å². The molecule has 2 aromatic carbocycles. The molecule has 0 aromatic heterocycles. The number of amides is 1. The highest BCUT2D eigenvalue weighted by molar-refractivity contribution is 6.30. The average Bonchev–Trinajstić information content (AvgIpc) is 3.21. The molecule has 6 rings (SSSR count). The lowest BCUT2D eigenvalue weighted by Gasteiger charge is -2.39. The van der Waals surface area contributed by atoms with Crippen LogP contribution < -0.4 is 4.74 Å². The zero-order valence-corrected chi connectivity index (χ0v) is 29.1. The van der Waals surface area contributed by atoms with Gasteiger partial charge in [-0.2, -0.15) is 0 Å². The molecule has 2 aliphatic heterocycles. The van der Waals surface area contributed by atoms with Gasteiger partial charge in [0.15, 0.2) is 0 Å². The second kappa shape index (κ2) is 14.0. The molecule has 4 unspecified atom stereocenters. The summed E-state index contributed by atoms with van der Waals surface area (Å²) in [5, 5.41) is 0.762. The Morgan fingerprint density at radius 2 is 1.89 bits per heavy atom. The number of rotatable bonds is 7. The Hall–Kier alpha value is -3.02. The van der Waals surface area contributed by atoms with Crippen LogP contribution in [0.25, 0.3) is 5.57 Å². The van der Waals surface area contributed by atoms with Crippen molar-refractivity contribution in [2.45, 2.75) is 84.6 Å². The second-order valence-corrected chi connectivity index (χ2v) is 15.2. The minimum absolute atomic E-state index is 0.0706. The quantitative estimate of drug-likeness (QED) is 0.301. The third-order valence-electron chi connectivity index (χ3n) is 10.8. The molecule has 46 heavy (non-hydrogen) atoms. The monoisotopic (exact) mass is 642 g/mol. The SMILES string of the molecule is CCC(C)C1CCC2=C(CCN(C(=O)OC3=CCC(C)(C)C=C3)C2c2ccc(OCC3CCCN(C)C3)cc2)c2cc(Cl)ccc21. The van der Waals surface area contributed by atoms with Crippen molar-refractivity contribution in [3.63, 3.8) is 0 Å². The maximum absolute atomic E-state index is 14.0. The molecule has 246 valence electrons. The first-order chi connectivity index (χ1) is 22.1. The number of nitrogens with zero attached hydrogens (tertiary/aromatic N) is 2. The minimum Gasteiger partial charge on any atom is -0.493 e. The van der Waals surface area contributed by atoms with Gasteiger partial charge in [0.1, 0.15) is 11.5 Å². The van der Waals surface area contributed by atoms with E-state index >= 15 is 0 Å². The summed E-state index contributed by atoms with van der Waals surface area (Å²) in [5.41, 5.74) is 6.48. The molecule has 4 atom stereocenters. The molecular weight excluding hydrogens is 592 g/mol. The Morgan fingerprint density at radius 1 is 1.09 bits per heavy atom. The largest absolute Gasteiger partial charge is 0.493 e. The van der Waals surface area contributed by atoms with Crippen LogP contribution in [0, 0.1) is 17.3 Å². The number of halogens is 1. The Labute approximate surface area is 281 Å². The molecule has 1 amide bonds. The minimum atomic E-state index is -0.289. The second-order valence-electron chi connectivity index (χ2n) is 14.8. The first kappa shape index (κ1) is 32.9. The van der Waals surface area contributed by atoms with E-state index in [2.05, 4.69) is 82.1 Å². The van der Waals surface area contributed by atoms with E-state index in [0.29, 0.717) is 30.1 Å². The van der Waals surface area contributed by atoms with E-state index in [4.69, 9.17) is 21.1 Å². The summed E-state index contributed by atoms with van der Waals surface area (Å²) in [6, 6.07) is 14.7. The van der Waals surface area contributed by atoms with E-state index in [0.717, 1.165) is 61.6 Å². The highest BCUT2D eigenvalue weighted by Crippen LogP contribution is 2.50. The van der Waals surface area contributed by atoms with Gasteiger partial charge < -0.3 is 14.4 Å². The third-order valence-corrected chi connectivity index (χ3v) is 11.0. The standard InChI is InChI=1S/C40H51ClN2O3/c1-6-27(2)33-15-16-36-35(37-24-30(41)11-14-34(33)37)19-23-43(39(44)46-32-17-20-40(3,4)21-18-32)38(36)29-9-12-31(13-10-29)45-26-28-8-7-22-42(5)25-28/h9-14,17-18,20,24,27-28,33,38H,6-8,15-16,19,21-23,25-26H2,1-5H3. The van der Waals surface area contributed by atoms with Crippen molar-refractivity contribution in [1.82, 2.24) is 9.80 Å². The number of ether oxygens (including phenoxy) is 2. The van der Waals surface area contributed by atoms with Gasteiger partial charge in [0.2, 0.25) is 0 Å². The van der Waals surface area contributed by atoms with E-state index in [1.165, 1.54) is 41.7 Å². The van der Waals surface area contributed by atoms with Crippen LogP contribution in [0.4, 0.5) is 4.79 Å². The van der Waals surface area contributed by atoms with Crippen molar-refractivity contribution < 1.29 is 14.3 Å². The molecule has 0 saturated carbocycles. The van der Waals surface area contributed by atoms with Crippen LogP contribution >= 0.6 is 11.6 Å². The summed E-state index contributed by atoms with van der Waals surface area (Å²) in [7, 11) is 2.19. The van der Waals surface area contributed by atoms with Crippen LogP contribution in [0.2, 0.25) is 5.02 Å². The molecule has 0 N–H and O–H groups in total. The number of carbonyl (C=O) groups is 1. The number of hydrogen-bond acceptors (Lipinski definition) is 4. The molecule has 0 bridgehead atoms. The third kappa shape index (κ3) is 7.26. The smallest absolute Gasteiger partial charge is 0.416 e. The molecule has 0 spiro atoms. The van der Waals surface area contributed by atoms with Gasteiger partial charge in [0.25, 0.3) is 0 Å². The van der Waals surface area contributed by atoms with Crippen LogP contribution in [0.15, 0.2) is 72.0 Å². The number of benzene rings is 2. The first-order valence-electron chi connectivity index (χ1n) is 17.4. The summed E-state index contributed by atoms with van der Waals surface area (Å²) < 4.78 is 12.4. The number of carbonyl (C=O) groups excluding carboxylic acids is 1. The van der Waals surface area contributed by atoms with E-state index in [1.54, 1.807) is 0 Å². The fourth-order valence-electron chi connectivity index (χ4n) is 7.92. The van der Waals surface area contributed by atoms with Crippen molar-refractivity contribution in [3.8, 4) is 5.75 Å². The van der Waals surface area contributed by atoms with Gasteiger partial charge in [-0.1, -0.05) is 70.0 Å². The van der Waals surface area contributed by atoms with Crippen LogP contribution in [0.1, 0.15) is 101 Å². The summed E-state index contributed by atoms with van der Waals surface area (Å²) in [5.74, 6) is 3.07. The number of allylic oxidation sites excluding steroid dienone is 3. The number of likely N-dealkylation sites (tertiary alicyclic amines) is 1. The van der Waals surface area contributed by atoms with Crippen LogP contribution in [0.5, 0.6) is 5.75 Å². The predicted octanol–water partition coefficient (Wildman–Crippen LogP) is 10.2. The van der Waals surface area contributed by atoms with Gasteiger partial charge in [-0.3, -0.25) is 4.90 Å². The van der Waals surface area contributed by atoms with Crippen molar-refractivity contribution in [1.29, 1.82) is 0 Å². The first-order valence-corrected chi connectivity index (χ1v) is 17.8. The van der Waals surface area contributed by atoms with Gasteiger partial charge in [0, 0.05) is 24.0 Å². The fourth-order valence-corrected chi connectivity index (χ4v) is 8.09. The van der Waals surface area contributed by atoms with E-state index in [9.17, 15) is 4.79 Å². The normalized spacial score (nSPS) is 25.2. The zero-order chi connectivity index (χ0) is 32.4. The highest BCUT2D eigenvalue weighted by atomic mass is 35.5. The molecule has 2 heterocycles. The number of hydrogen-bond donors (Lipinski definition) is 0. The van der Waals surface area contributed by atoms with Gasteiger partial charge in [0.05, 0.1) is 12.6 Å². The number of piperidine rings is 1. The maximum atomic E-state index is 14.0. The molecule has 5 nitrogen and oxygen atoms in total. The van der Waals surface area contributed by atoms with Crippen molar-refractivity contribution in [2.75, 3.05) is 33.3 Å². The zero-order valence-electron chi connectivity index (χ0n) is 28.4. The van der Waals surface area contributed by atoms with E-state index < -0.39 is 0 Å². The van der Waals surface area contributed by atoms with Crippen LogP contribution in [0.3, 0.4) is 0 Å². The Bertz CT molecular complexity index is 1510. The summed E-state index contributed by atoms with van der Waals surface area (Å²) in [6.45, 7) is 12.6. The van der Waals surface area contributed by atoms with Gasteiger partial charge in [-0.05, 0) is 134 Å². The van der Waals surface area contributed by atoms with Gasteiger partial charge in [-0.25, -0.2) is 4.79 Å². The summed E-state index contributed by atoms with van der Waals surface area (Å²) in [6.07, 6.45) is 13.0. The van der Waals surface area contributed by atoms with E-state index in [1.807, 2.05) is 23.1 Å². The predicted molar refractivity (Wildman–Crippen MR) is 188 cm³/mol. The lowest BCUT2D eigenvalue weighted by Crippen LogP contribution is -2.40. The molecule has 6 heteroatoms. The van der Waals surface area contributed by atoms with Crippen LogP contribution in [-0.4, -0.2) is 49.2 Å². The van der Waals surface area contributed by atoms with Crippen LogP contribution in [-0.2, 0) is 4.74 Å². The molecule has 4 aliphatic rings. The fraction of sp³-hybridized carbons (Fsp3) is 0.525. The topological polar surface area (TPSA) is 42.0 Å². The number of fused-ring (bicyclic) bond motifs is 2. The molecule has 1 saturated heterocycles. The molecular formula is C40H51ClN2O3. The Morgan fingerprint density at radius 3 is 2.61 bits per heavy atom.